The van der Waals surface area contributed by atoms with Crippen LogP contribution in [-0.4, -0.2) is 12.5 Å². The number of fused-ring (bicyclic) bond motifs is 1. The van der Waals surface area contributed by atoms with E-state index in [1.54, 1.807) is 12.1 Å². The molecule has 6 rings (SSSR count). The highest BCUT2D eigenvalue weighted by molar-refractivity contribution is 5.93. The molecule has 2 aromatic carbocycles. The molecule has 2 bridgehead atoms. The second-order valence-corrected chi connectivity index (χ2v) is 7.45. The van der Waals surface area contributed by atoms with E-state index in [1.165, 1.54) is 34.6 Å². The summed E-state index contributed by atoms with van der Waals surface area (Å²) in [5.41, 5.74) is 6.04. The summed E-state index contributed by atoms with van der Waals surface area (Å²) in [5, 5.41) is 14.5. The van der Waals surface area contributed by atoms with Crippen molar-refractivity contribution in [1.82, 2.24) is 5.32 Å². The summed E-state index contributed by atoms with van der Waals surface area (Å²) in [6.45, 7) is 0.608. The van der Waals surface area contributed by atoms with E-state index in [-0.39, 0.29) is 5.91 Å². The van der Waals surface area contributed by atoms with Gasteiger partial charge in [-0.05, 0) is 40.7 Å². The number of nitrogens with one attached hydrogen (secondary N) is 1. The maximum atomic E-state index is 12.5. The third kappa shape index (κ3) is 2.60. The van der Waals surface area contributed by atoms with E-state index >= 15 is 0 Å². The molecule has 27 heavy (non-hydrogen) atoms. The minimum Gasteiger partial charge on any atom is -0.619 e. The zero-order chi connectivity index (χ0) is 18.4. The monoisotopic (exact) mass is 356 g/mol. The molecule has 3 aliphatic rings. The molecule has 1 amide bonds. The van der Waals surface area contributed by atoms with Gasteiger partial charge in [0.15, 0.2) is 12.4 Å². The van der Waals surface area contributed by atoms with Crippen molar-refractivity contribution < 1.29 is 9.52 Å². The van der Waals surface area contributed by atoms with Gasteiger partial charge >= 0.3 is 0 Å². The molecule has 1 aromatic heterocycles. The van der Waals surface area contributed by atoms with Gasteiger partial charge in [0.25, 0.3) is 5.91 Å². The molecule has 0 unspecified atom stereocenters. The van der Waals surface area contributed by atoms with E-state index in [0.717, 1.165) is 6.42 Å². The molecule has 3 aliphatic carbocycles. The van der Waals surface area contributed by atoms with Crippen LogP contribution >= 0.6 is 0 Å². The van der Waals surface area contributed by atoms with Crippen molar-refractivity contribution in [1.29, 1.82) is 0 Å². The van der Waals surface area contributed by atoms with Crippen LogP contribution in [0.4, 0.5) is 0 Å². The lowest BCUT2D eigenvalue weighted by Gasteiger charge is -2.45. The molecule has 134 valence electrons. The van der Waals surface area contributed by atoms with Crippen LogP contribution in [0.15, 0.2) is 73.1 Å². The zero-order valence-corrected chi connectivity index (χ0v) is 14.8. The molecule has 1 atom stereocenters. The van der Waals surface area contributed by atoms with Gasteiger partial charge in [-0.15, -0.1) is 0 Å². The molecule has 0 saturated heterocycles. The van der Waals surface area contributed by atoms with Crippen LogP contribution in [0.1, 0.15) is 50.9 Å². The second-order valence-electron chi connectivity index (χ2n) is 7.45. The Bertz CT molecular complexity index is 983. The van der Waals surface area contributed by atoms with Gasteiger partial charge in [0, 0.05) is 24.4 Å². The highest BCUT2D eigenvalue weighted by Gasteiger charge is 2.42. The van der Waals surface area contributed by atoms with Crippen molar-refractivity contribution in [3.8, 4) is 0 Å². The van der Waals surface area contributed by atoms with Gasteiger partial charge in [0.05, 0.1) is 0 Å². The smallest absolute Gasteiger partial charge is 0.257 e. The molecular weight excluding hydrogens is 336 g/mol. The molecule has 0 fully saturated rings. The van der Waals surface area contributed by atoms with Gasteiger partial charge in [0.1, 0.15) is 5.56 Å². The van der Waals surface area contributed by atoms with E-state index in [0.29, 0.717) is 34.6 Å². The number of carbonyl (C=O) groups excluding carboxylic acids is 1. The summed E-state index contributed by atoms with van der Waals surface area (Å²) in [4.78, 5) is 12.5. The lowest BCUT2D eigenvalue weighted by molar-refractivity contribution is -0.605. The van der Waals surface area contributed by atoms with E-state index in [4.69, 9.17) is 0 Å². The Morgan fingerprint density at radius 1 is 0.963 bits per heavy atom. The predicted octanol–water partition coefficient (Wildman–Crippen LogP) is 3.35. The first-order valence-electron chi connectivity index (χ1n) is 9.37. The lowest BCUT2D eigenvalue weighted by atomic mass is 9.59. The second kappa shape index (κ2) is 6.23. The first-order chi connectivity index (χ1) is 13.2. The standard InChI is InChI=1S/C23H20N2O2/c26-23(15-6-5-11-25(27)14-15)24-13-16-12-21-17-7-1-3-9-19(17)22(16)20-10-4-2-8-18(20)21/h1-11,14,16,21-22H,12-13H2,(H,24,26)/t16-,21?,22?/m0/s1. The van der Waals surface area contributed by atoms with Crippen molar-refractivity contribution in [3.63, 3.8) is 0 Å². The molecule has 3 aromatic rings. The van der Waals surface area contributed by atoms with E-state index in [1.807, 2.05) is 0 Å². The van der Waals surface area contributed by atoms with Crippen molar-refractivity contribution in [2.24, 2.45) is 5.92 Å². The fourth-order valence-corrected chi connectivity index (χ4v) is 4.87. The minimum atomic E-state index is -0.191. The molecule has 0 saturated carbocycles. The third-order valence-corrected chi connectivity index (χ3v) is 5.98. The summed E-state index contributed by atoms with van der Waals surface area (Å²) in [6.07, 6.45) is 3.73. The van der Waals surface area contributed by atoms with Gasteiger partial charge in [-0.2, -0.15) is 4.73 Å². The maximum Gasteiger partial charge on any atom is 0.257 e. The topological polar surface area (TPSA) is 56.0 Å². The number of hydrogen-bond acceptors (Lipinski definition) is 2. The van der Waals surface area contributed by atoms with Crippen LogP contribution < -0.4 is 10.0 Å². The number of hydrogen-bond donors (Lipinski definition) is 1. The van der Waals surface area contributed by atoms with Gasteiger partial charge in [0.2, 0.25) is 0 Å². The van der Waals surface area contributed by atoms with E-state index in [9.17, 15) is 10.0 Å². The Morgan fingerprint density at radius 2 is 1.59 bits per heavy atom. The third-order valence-electron chi connectivity index (χ3n) is 5.98. The Labute approximate surface area is 158 Å². The summed E-state index contributed by atoms with van der Waals surface area (Å²) >= 11 is 0. The Morgan fingerprint density at radius 3 is 2.22 bits per heavy atom. The number of pyridine rings is 1. The highest BCUT2D eigenvalue weighted by atomic mass is 16.5. The Balaban J connectivity index is 1.43. The normalized spacial score (nSPS) is 22.0. The van der Waals surface area contributed by atoms with Crippen LogP contribution in [0, 0.1) is 11.1 Å². The predicted molar refractivity (Wildman–Crippen MR) is 102 cm³/mol. The zero-order valence-electron chi connectivity index (χ0n) is 14.8. The van der Waals surface area contributed by atoms with Crippen LogP contribution in [0.3, 0.4) is 0 Å². The average Bonchev–Trinajstić information content (AvgIpc) is 2.72. The maximum absolute atomic E-state index is 12.5. The molecule has 0 spiro atoms. The first kappa shape index (κ1) is 16.1. The number of aromatic nitrogens is 1. The fraction of sp³-hybridized carbons (Fsp3) is 0.217. The molecule has 0 radical (unpaired) electrons. The summed E-state index contributed by atoms with van der Waals surface area (Å²) in [7, 11) is 0. The number of rotatable bonds is 3. The summed E-state index contributed by atoms with van der Waals surface area (Å²) in [5.74, 6) is 0.864. The molecule has 4 heteroatoms. The largest absolute Gasteiger partial charge is 0.619 e. The van der Waals surface area contributed by atoms with Gasteiger partial charge in [-0.25, -0.2) is 0 Å². The van der Waals surface area contributed by atoms with Crippen LogP contribution in [0.2, 0.25) is 0 Å². The fourth-order valence-electron chi connectivity index (χ4n) is 4.87. The van der Waals surface area contributed by atoms with Gasteiger partial charge < -0.3 is 10.5 Å². The van der Waals surface area contributed by atoms with Crippen LogP contribution in [0.25, 0.3) is 0 Å². The first-order valence-corrected chi connectivity index (χ1v) is 9.37. The summed E-state index contributed by atoms with van der Waals surface area (Å²) in [6, 6.07) is 20.7. The average molecular weight is 356 g/mol. The Hall–Kier alpha value is -3.14. The van der Waals surface area contributed by atoms with Crippen LogP contribution in [-0.2, 0) is 0 Å². The van der Waals surface area contributed by atoms with E-state index < -0.39 is 0 Å². The number of nitrogens with zero attached hydrogens (tertiary/aromatic N) is 1. The van der Waals surface area contributed by atoms with Crippen LogP contribution in [0.5, 0.6) is 0 Å². The SMILES string of the molecule is O=C(NC[C@@H]1CC2c3ccccc3C1c1ccccc12)c1ccc[n+]([O-])c1. The van der Waals surface area contributed by atoms with Crippen molar-refractivity contribution in [2.45, 2.75) is 18.3 Å². The Kier molecular flexibility index (Phi) is 3.71. The molecule has 1 N–H and O–H groups in total. The quantitative estimate of drug-likeness (QED) is 0.578. The van der Waals surface area contributed by atoms with E-state index in [2.05, 4.69) is 53.8 Å². The lowest BCUT2D eigenvalue weighted by Crippen LogP contribution is -2.39. The molecule has 1 heterocycles. The highest BCUT2D eigenvalue weighted by Crippen LogP contribution is 2.55. The number of amides is 1. The minimum absolute atomic E-state index is 0.191. The molecule has 4 nitrogen and oxygen atoms in total. The molecule has 0 aliphatic heterocycles. The van der Waals surface area contributed by atoms with Gasteiger partial charge in [-0.3, -0.25) is 4.79 Å². The van der Waals surface area contributed by atoms with Crippen molar-refractivity contribution in [2.75, 3.05) is 6.54 Å². The summed E-state index contributed by atoms with van der Waals surface area (Å²) < 4.78 is 0.657. The van der Waals surface area contributed by atoms with Crippen molar-refractivity contribution in [3.05, 3.63) is 106 Å². The molecular formula is C23H20N2O2. The number of carbonyl (C=O) groups is 1. The van der Waals surface area contributed by atoms with Crippen molar-refractivity contribution >= 4 is 5.91 Å². The van der Waals surface area contributed by atoms with Gasteiger partial charge in [-0.1, -0.05) is 48.5 Å². The number of benzene rings is 2.